The summed E-state index contributed by atoms with van der Waals surface area (Å²) in [6.45, 7) is -0.109. The van der Waals surface area contributed by atoms with Crippen molar-refractivity contribution in [3.63, 3.8) is 0 Å². The van der Waals surface area contributed by atoms with E-state index >= 15 is 0 Å². The van der Waals surface area contributed by atoms with Gasteiger partial charge >= 0.3 is 8.60 Å². The fourth-order valence-electron chi connectivity index (χ4n) is 2.76. The first-order valence-electron chi connectivity index (χ1n) is 8.97. The molecular weight excluding hydrogens is 430 g/mol. The maximum absolute atomic E-state index is 14.8. The number of ether oxygens (including phenoxy) is 1. The number of halogens is 1. The van der Waals surface area contributed by atoms with Crippen molar-refractivity contribution in [3.05, 3.63) is 42.3 Å². The summed E-state index contributed by atoms with van der Waals surface area (Å²) in [4.78, 5) is 36.0. The second-order valence-corrected chi connectivity index (χ2v) is 7.13. The number of tetrazole rings is 1. The lowest BCUT2D eigenvalue weighted by molar-refractivity contribution is -0.107. The molecule has 0 spiro atoms. The largest absolute Gasteiger partial charge is 0.377 e. The minimum Gasteiger partial charge on any atom is -0.377 e. The third-order valence-corrected chi connectivity index (χ3v) is 4.71. The van der Waals surface area contributed by atoms with Crippen molar-refractivity contribution in [2.75, 3.05) is 25.2 Å². The molecule has 0 saturated heterocycles. The van der Waals surface area contributed by atoms with Crippen molar-refractivity contribution in [1.82, 2.24) is 25.2 Å². The normalized spacial score (nSPS) is 12.2. The number of aryl methyl sites for hydroxylation is 1. The Bertz CT molecular complexity index is 1020. The van der Waals surface area contributed by atoms with E-state index in [2.05, 4.69) is 20.4 Å². The standard InChI is InChI=1S/C18H20FN6O5P/c1-24-22-18(21-23-24)17-6-3-12(8-20-17)15-5-4-13(7-16(15)19)25(11-26)9-14(29-2)10-30-31(27)28/h3-8,11,14,27-28H,9-10H2,1-2H3. The van der Waals surface area contributed by atoms with Gasteiger partial charge in [0.15, 0.2) is 0 Å². The second-order valence-electron chi connectivity index (χ2n) is 6.36. The molecular formula is C18H20FN6O5P. The lowest BCUT2D eigenvalue weighted by atomic mass is 10.1. The fraction of sp³-hybridized carbons (Fsp3) is 0.278. The lowest BCUT2D eigenvalue weighted by Crippen LogP contribution is -2.35. The average molecular weight is 450 g/mol. The Labute approximate surface area is 178 Å². The minimum absolute atomic E-state index is 0.0311. The summed E-state index contributed by atoms with van der Waals surface area (Å²) in [6, 6.07) is 7.70. The first kappa shape index (κ1) is 22.8. The molecule has 164 valence electrons. The Morgan fingerprint density at radius 2 is 2.13 bits per heavy atom. The average Bonchev–Trinajstić information content (AvgIpc) is 3.20. The molecule has 1 amide bonds. The zero-order valence-corrected chi connectivity index (χ0v) is 17.6. The molecule has 0 aliphatic rings. The van der Waals surface area contributed by atoms with E-state index in [1.165, 1.54) is 35.1 Å². The molecule has 1 aromatic carbocycles. The molecule has 1 atom stereocenters. The molecule has 0 aliphatic carbocycles. The van der Waals surface area contributed by atoms with Gasteiger partial charge in [-0.1, -0.05) is 6.07 Å². The molecule has 13 heteroatoms. The highest BCUT2D eigenvalue weighted by atomic mass is 31.2. The van der Waals surface area contributed by atoms with Gasteiger partial charge in [-0.15, -0.1) is 10.2 Å². The highest BCUT2D eigenvalue weighted by Crippen LogP contribution is 2.28. The van der Waals surface area contributed by atoms with E-state index in [0.29, 0.717) is 34.7 Å². The number of nitrogens with zero attached hydrogens (tertiary/aromatic N) is 6. The molecule has 0 bridgehead atoms. The van der Waals surface area contributed by atoms with Gasteiger partial charge in [0.1, 0.15) is 11.5 Å². The van der Waals surface area contributed by atoms with Crippen LogP contribution in [-0.2, 0) is 21.1 Å². The zero-order chi connectivity index (χ0) is 22.4. The topological polar surface area (TPSA) is 136 Å². The molecule has 3 rings (SSSR count). The van der Waals surface area contributed by atoms with E-state index in [4.69, 9.17) is 19.0 Å². The molecule has 0 aliphatic heterocycles. The second kappa shape index (κ2) is 10.4. The highest BCUT2D eigenvalue weighted by Gasteiger charge is 2.18. The van der Waals surface area contributed by atoms with Crippen LogP contribution in [0.3, 0.4) is 0 Å². The van der Waals surface area contributed by atoms with Crippen molar-refractivity contribution in [2.24, 2.45) is 7.05 Å². The maximum Gasteiger partial charge on any atom is 0.327 e. The van der Waals surface area contributed by atoms with Gasteiger partial charge in [0.25, 0.3) is 0 Å². The Hall–Kier alpha value is -2.89. The van der Waals surface area contributed by atoms with E-state index in [1.807, 2.05) is 0 Å². The predicted octanol–water partition coefficient (Wildman–Crippen LogP) is 1.28. The van der Waals surface area contributed by atoms with Gasteiger partial charge in [0.05, 0.1) is 26.3 Å². The molecule has 3 aromatic rings. The Morgan fingerprint density at radius 3 is 2.68 bits per heavy atom. The van der Waals surface area contributed by atoms with Gasteiger partial charge in [-0.05, 0) is 29.5 Å². The predicted molar refractivity (Wildman–Crippen MR) is 109 cm³/mol. The van der Waals surface area contributed by atoms with Crippen LogP contribution in [0, 0.1) is 5.82 Å². The lowest BCUT2D eigenvalue weighted by Gasteiger charge is -2.23. The van der Waals surface area contributed by atoms with Crippen molar-refractivity contribution >= 4 is 20.7 Å². The van der Waals surface area contributed by atoms with Crippen molar-refractivity contribution in [3.8, 4) is 22.6 Å². The molecule has 0 radical (unpaired) electrons. The van der Waals surface area contributed by atoms with Gasteiger partial charge < -0.3 is 23.9 Å². The molecule has 2 aromatic heterocycles. The maximum atomic E-state index is 14.8. The van der Waals surface area contributed by atoms with E-state index in [0.717, 1.165) is 0 Å². The molecule has 31 heavy (non-hydrogen) atoms. The Balaban J connectivity index is 1.76. The van der Waals surface area contributed by atoms with Crippen LogP contribution in [-0.4, -0.2) is 67.8 Å². The summed E-state index contributed by atoms with van der Waals surface area (Å²) in [5.41, 5.74) is 1.65. The summed E-state index contributed by atoms with van der Waals surface area (Å²) in [5.74, 6) is -0.186. The van der Waals surface area contributed by atoms with Crippen LogP contribution in [0.1, 0.15) is 0 Å². The van der Waals surface area contributed by atoms with Crippen LogP contribution in [0.25, 0.3) is 22.6 Å². The number of rotatable bonds is 10. The zero-order valence-electron chi connectivity index (χ0n) is 16.7. The molecule has 2 heterocycles. The third kappa shape index (κ3) is 5.84. The summed E-state index contributed by atoms with van der Waals surface area (Å²) in [7, 11) is 0.497. The molecule has 0 fully saturated rings. The van der Waals surface area contributed by atoms with E-state index in [9.17, 15) is 9.18 Å². The van der Waals surface area contributed by atoms with Crippen LogP contribution in [0.4, 0.5) is 10.1 Å². The van der Waals surface area contributed by atoms with Gasteiger partial charge in [0.2, 0.25) is 12.2 Å². The van der Waals surface area contributed by atoms with Gasteiger partial charge in [0, 0.05) is 30.1 Å². The number of benzene rings is 1. The van der Waals surface area contributed by atoms with Crippen LogP contribution < -0.4 is 4.90 Å². The number of carbonyl (C=O) groups is 1. The summed E-state index contributed by atoms with van der Waals surface area (Å²) in [5, 5.41) is 11.7. The number of anilines is 1. The number of hydrogen-bond acceptors (Lipinski definition) is 9. The number of methoxy groups -OCH3 is 1. The number of amides is 1. The van der Waals surface area contributed by atoms with E-state index < -0.39 is 20.5 Å². The monoisotopic (exact) mass is 450 g/mol. The number of pyridine rings is 1. The molecule has 0 saturated carbocycles. The van der Waals surface area contributed by atoms with Crippen molar-refractivity contribution < 1.29 is 28.2 Å². The smallest absolute Gasteiger partial charge is 0.327 e. The van der Waals surface area contributed by atoms with Crippen LogP contribution in [0.5, 0.6) is 0 Å². The third-order valence-electron chi connectivity index (χ3n) is 4.33. The first-order chi connectivity index (χ1) is 14.9. The highest BCUT2D eigenvalue weighted by molar-refractivity contribution is 7.39. The SMILES string of the molecule is COC(COP(O)O)CN(C=O)c1ccc(-c2ccc(-c3nnn(C)n3)nc2)c(F)c1. The minimum atomic E-state index is -2.54. The number of hydrogen-bond donors (Lipinski definition) is 2. The summed E-state index contributed by atoms with van der Waals surface area (Å²) in [6.07, 6.45) is 1.40. The van der Waals surface area contributed by atoms with E-state index in [1.54, 1.807) is 25.2 Å². The van der Waals surface area contributed by atoms with Crippen LogP contribution in [0.15, 0.2) is 36.5 Å². The summed E-state index contributed by atoms with van der Waals surface area (Å²) < 4.78 is 24.7. The number of aromatic nitrogens is 5. The van der Waals surface area contributed by atoms with Crippen LogP contribution >= 0.6 is 8.60 Å². The number of carbonyl (C=O) groups excluding carboxylic acids is 1. The van der Waals surface area contributed by atoms with E-state index in [-0.39, 0.29) is 13.2 Å². The van der Waals surface area contributed by atoms with Gasteiger partial charge in [-0.2, -0.15) is 4.80 Å². The van der Waals surface area contributed by atoms with Gasteiger partial charge in [-0.25, -0.2) is 4.39 Å². The van der Waals surface area contributed by atoms with Crippen molar-refractivity contribution in [2.45, 2.75) is 6.10 Å². The Morgan fingerprint density at radius 1 is 1.32 bits per heavy atom. The molecule has 11 nitrogen and oxygen atoms in total. The molecule has 2 N–H and O–H groups in total. The van der Waals surface area contributed by atoms with Gasteiger partial charge in [-0.3, -0.25) is 9.78 Å². The molecule has 1 unspecified atom stereocenters. The fourth-order valence-corrected chi connectivity index (χ4v) is 3.06. The quantitative estimate of drug-likeness (QED) is 0.346. The summed E-state index contributed by atoms with van der Waals surface area (Å²) >= 11 is 0. The Kier molecular flexibility index (Phi) is 7.66. The van der Waals surface area contributed by atoms with Crippen molar-refractivity contribution in [1.29, 1.82) is 0 Å². The first-order valence-corrected chi connectivity index (χ1v) is 10.1. The van der Waals surface area contributed by atoms with Crippen LogP contribution in [0.2, 0.25) is 0 Å².